The quantitative estimate of drug-likeness (QED) is 0.0291. The summed E-state index contributed by atoms with van der Waals surface area (Å²) in [5.74, 6) is -0.330. The zero-order valence-corrected chi connectivity index (χ0v) is 32.8. The lowest BCUT2D eigenvalue weighted by molar-refractivity contribution is -0.305. The first-order valence-electron chi connectivity index (χ1n) is 20.7. The average Bonchev–Trinajstić information content (AvgIpc) is 3.14. The molecule has 0 aromatic heterocycles. The van der Waals surface area contributed by atoms with Gasteiger partial charge in [0, 0.05) is 13.0 Å². The van der Waals surface area contributed by atoms with E-state index in [1.54, 1.807) is 0 Å². The third kappa shape index (κ3) is 26.0. The van der Waals surface area contributed by atoms with Crippen molar-refractivity contribution in [3.05, 3.63) is 48.6 Å². The van der Waals surface area contributed by atoms with Crippen LogP contribution in [0.1, 0.15) is 155 Å². The molecule has 9 nitrogen and oxygen atoms in total. The fourth-order valence-electron chi connectivity index (χ4n) is 5.96. The van der Waals surface area contributed by atoms with Gasteiger partial charge in [0.2, 0.25) is 0 Å². The lowest BCUT2D eigenvalue weighted by atomic mass is 9.99. The molecule has 0 radical (unpaired) electrons. The number of aliphatic hydroxyl groups excluding tert-OH is 4. The highest BCUT2D eigenvalue weighted by Gasteiger charge is 2.44. The molecule has 0 amide bonds. The van der Waals surface area contributed by atoms with Crippen LogP contribution in [-0.4, -0.2) is 89.6 Å². The van der Waals surface area contributed by atoms with Crippen LogP contribution in [0, 0.1) is 0 Å². The van der Waals surface area contributed by atoms with E-state index in [-0.39, 0.29) is 19.2 Å². The summed E-state index contributed by atoms with van der Waals surface area (Å²) in [6, 6.07) is 0. The van der Waals surface area contributed by atoms with Crippen LogP contribution in [0.15, 0.2) is 48.6 Å². The summed E-state index contributed by atoms with van der Waals surface area (Å²) in [4.78, 5) is 12.7. The zero-order valence-electron chi connectivity index (χ0n) is 32.8. The molecule has 1 rings (SSSR count). The molecule has 6 unspecified atom stereocenters. The first kappa shape index (κ1) is 48.2. The third-order valence-corrected chi connectivity index (χ3v) is 9.23. The minimum atomic E-state index is -1.54. The maximum atomic E-state index is 12.7. The van der Waals surface area contributed by atoms with Crippen LogP contribution in [0.5, 0.6) is 0 Å². The fourth-order valence-corrected chi connectivity index (χ4v) is 5.96. The van der Waals surface area contributed by atoms with Crippen molar-refractivity contribution in [1.29, 1.82) is 0 Å². The van der Waals surface area contributed by atoms with Crippen LogP contribution in [0.25, 0.3) is 0 Å². The Morgan fingerprint density at radius 3 is 1.79 bits per heavy atom. The summed E-state index contributed by atoms with van der Waals surface area (Å²) in [5.41, 5.74) is 0. The van der Waals surface area contributed by atoms with E-state index in [1.807, 2.05) is 0 Å². The highest BCUT2D eigenvalue weighted by atomic mass is 16.7. The monoisotopic (exact) mass is 737 g/mol. The molecule has 6 atom stereocenters. The number of allylic oxidation sites excluding steroid dienone is 8. The van der Waals surface area contributed by atoms with E-state index in [1.165, 1.54) is 44.9 Å². The SMILES string of the molecule is CC/C=C\C/C=C\C/C=C\CCCCCCCCCCOCC(COC1OC(CO)C(O)C(O)C1O)OC(=O)CCCCCCC/C=C\CCCC. The van der Waals surface area contributed by atoms with Crippen molar-refractivity contribution in [3.63, 3.8) is 0 Å². The second-order valence-electron chi connectivity index (χ2n) is 14.0. The Morgan fingerprint density at radius 2 is 1.17 bits per heavy atom. The van der Waals surface area contributed by atoms with Crippen molar-refractivity contribution in [1.82, 2.24) is 0 Å². The Bertz CT molecular complexity index is 932. The molecule has 1 fully saturated rings. The van der Waals surface area contributed by atoms with Crippen LogP contribution >= 0.6 is 0 Å². The molecule has 0 aromatic rings. The number of hydrogen-bond acceptors (Lipinski definition) is 9. The summed E-state index contributed by atoms with van der Waals surface area (Å²) in [5, 5.41) is 40.0. The maximum Gasteiger partial charge on any atom is 0.306 e. The number of hydrogen-bond donors (Lipinski definition) is 4. The van der Waals surface area contributed by atoms with Crippen LogP contribution < -0.4 is 0 Å². The summed E-state index contributed by atoms with van der Waals surface area (Å²) in [7, 11) is 0. The molecule has 1 saturated heterocycles. The highest BCUT2D eigenvalue weighted by Crippen LogP contribution is 2.22. The third-order valence-electron chi connectivity index (χ3n) is 9.23. The van der Waals surface area contributed by atoms with Gasteiger partial charge >= 0.3 is 5.97 Å². The van der Waals surface area contributed by atoms with Gasteiger partial charge in [-0.3, -0.25) is 4.79 Å². The summed E-state index contributed by atoms with van der Waals surface area (Å²) in [6.45, 7) is 4.37. The van der Waals surface area contributed by atoms with Crippen molar-refractivity contribution in [2.24, 2.45) is 0 Å². The number of aliphatic hydroxyl groups is 4. The number of unbranched alkanes of at least 4 members (excludes halogenated alkanes) is 15. The minimum Gasteiger partial charge on any atom is -0.457 e. The molecule has 4 N–H and O–H groups in total. The Morgan fingerprint density at radius 1 is 0.635 bits per heavy atom. The van der Waals surface area contributed by atoms with Gasteiger partial charge in [0.25, 0.3) is 0 Å². The van der Waals surface area contributed by atoms with E-state index >= 15 is 0 Å². The van der Waals surface area contributed by atoms with Gasteiger partial charge in [0.15, 0.2) is 6.29 Å². The van der Waals surface area contributed by atoms with E-state index in [0.29, 0.717) is 13.0 Å². The smallest absolute Gasteiger partial charge is 0.306 e. The van der Waals surface area contributed by atoms with Gasteiger partial charge in [0.1, 0.15) is 30.5 Å². The Balaban J connectivity index is 2.28. The number of ether oxygens (including phenoxy) is 4. The van der Waals surface area contributed by atoms with Gasteiger partial charge in [-0.2, -0.15) is 0 Å². The summed E-state index contributed by atoms with van der Waals surface area (Å²) < 4.78 is 22.7. The largest absolute Gasteiger partial charge is 0.457 e. The molecule has 0 saturated carbocycles. The molecule has 52 heavy (non-hydrogen) atoms. The van der Waals surface area contributed by atoms with Gasteiger partial charge in [-0.1, -0.05) is 133 Å². The van der Waals surface area contributed by atoms with Crippen LogP contribution in [0.2, 0.25) is 0 Å². The Hall–Kier alpha value is -1.85. The standard InChI is InChI=1S/C43H76O9/c1-3-5-7-9-11-13-15-16-17-18-19-20-21-23-25-27-29-31-33-49-35-37(36-50-43-42(48)41(47)40(46)38(34-44)52-43)51-39(45)32-30-28-26-24-22-14-12-10-8-6-4-2/h5,7,10-13,16-17,37-38,40-44,46-48H,3-4,6,8-9,14-15,18-36H2,1-2H3/b7-5-,12-10-,13-11-,17-16-. The molecule has 0 spiro atoms. The van der Waals surface area contributed by atoms with Gasteiger partial charge in [-0.15, -0.1) is 0 Å². The minimum absolute atomic E-state index is 0.121. The Kier molecular flexibility index (Phi) is 32.3. The normalized spacial score (nSPS) is 21.7. The molecule has 9 heteroatoms. The van der Waals surface area contributed by atoms with Gasteiger partial charge in [-0.05, 0) is 64.2 Å². The van der Waals surface area contributed by atoms with Crippen molar-refractivity contribution < 1.29 is 44.2 Å². The summed E-state index contributed by atoms with van der Waals surface area (Å²) in [6.07, 6.45) is 34.2. The lowest BCUT2D eigenvalue weighted by Gasteiger charge is -2.39. The average molecular weight is 737 g/mol. The second-order valence-corrected chi connectivity index (χ2v) is 14.0. The molecule has 0 bridgehead atoms. The number of carbonyl (C=O) groups excluding carboxylic acids is 1. The number of esters is 1. The molecule has 1 aliphatic heterocycles. The van der Waals surface area contributed by atoms with E-state index in [4.69, 9.17) is 18.9 Å². The lowest BCUT2D eigenvalue weighted by Crippen LogP contribution is -2.59. The van der Waals surface area contributed by atoms with Crippen LogP contribution in [0.4, 0.5) is 0 Å². The van der Waals surface area contributed by atoms with E-state index in [2.05, 4.69) is 62.5 Å². The number of rotatable bonds is 34. The maximum absolute atomic E-state index is 12.7. The first-order chi connectivity index (χ1) is 25.4. The molecule has 0 aliphatic carbocycles. The van der Waals surface area contributed by atoms with Crippen molar-refractivity contribution in [3.8, 4) is 0 Å². The van der Waals surface area contributed by atoms with E-state index in [0.717, 1.165) is 89.9 Å². The zero-order chi connectivity index (χ0) is 37.9. The summed E-state index contributed by atoms with van der Waals surface area (Å²) >= 11 is 0. The van der Waals surface area contributed by atoms with Crippen molar-refractivity contribution in [2.75, 3.05) is 26.4 Å². The highest BCUT2D eigenvalue weighted by molar-refractivity contribution is 5.69. The molecular formula is C43H76O9. The molecule has 1 heterocycles. The first-order valence-corrected chi connectivity index (χ1v) is 20.7. The van der Waals surface area contributed by atoms with Gasteiger partial charge < -0.3 is 39.4 Å². The number of carbonyl (C=O) groups is 1. The Labute approximate surface area is 316 Å². The topological polar surface area (TPSA) is 135 Å². The van der Waals surface area contributed by atoms with Crippen molar-refractivity contribution >= 4 is 5.97 Å². The molecule has 0 aromatic carbocycles. The second kappa shape index (κ2) is 34.9. The molecule has 302 valence electrons. The molecule has 1 aliphatic rings. The van der Waals surface area contributed by atoms with E-state index in [9.17, 15) is 25.2 Å². The van der Waals surface area contributed by atoms with Gasteiger partial charge in [-0.25, -0.2) is 0 Å². The van der Waals surface area contributed by atoms with Crippen molar-refractivity contribution in [2.45, 2.75) is 192 Å². The van der Waals surface area contributed by atoms with Gasteiger partial charge in [0.05, 0.1) is 19.8 Å². The predicted molar refractivity (Wildman–Crippen MR) is 210 cm³/mol. The molecular weight excluding hydrogens is 660 g/mol. The van der Waals surface area contributed by atoms with Crippen LogP contribution in [-0.2, 0) is 23.7 Å². The van der Waals surface area contributed by atoms with Crippen LogP contribution in [0.3, 0.4) is 0 Å². The van der Waals surface area contributed by atoms with E-state index < -0.39 is 43.4 Å². The fraction of sp³-hybridized carbons (Fsp3) is 0.791. The predicted octanol–water partition coefficient (Wildman–Crippen LogP) is 8.58.